The fourth-order valence-electron chi connectivity index (χ4n) is 4.32. The van der Waals surface area contributed by atoms with Crippen molar-refractivity contribution in [3.63, 3.8) is 0 Å². The Labute approximate surface area is 197 Å². The number of piperidine rings is 1. The first-order chi connectivity index (χ1) is 15.2. The lowest BCUT2D eigenvalue weighted by molar-refractivity contribution is -0.130. The summed E-state index contributed by atoms with van der Waals surface area (Å²) in [5.74, 6) is 0.280. The molecule has 0 unspecified atom stereocenters. The lowest BCUT2D eigenvalue weighted by Gasteiger charge is -2.37. The van der Waals surface area contributed by atoms with Crippen LogP contribution in [-0.2, 0) is 21.7 Å². The van der Waals surface area contributed by atoms with E-state index in [1.165, 1.54) is 11.3 Å². The average molecular weight is 497 g/mol. The Morgan fingerprint density at radius 3 is 2.72 bits per heavy atom. The molecule has 0 bridgehead atoms. The van der Waals surface area contributed by atoms with Crippen LogP contribution in [0.25, 0.3) is 6.08 Å². The third kappa shape index (κ3) is 4.44. The minimum absolute atomic E-state index is 0.0344. The molecule has 7 nitrogen and oxygen atoms in total. The molecule has 4 rings (SSSR count). The van der Waals surface area contributed by atoms with E-state index in [1.807, 2.05) is 17.8 Å². The van der Waals surface area contributed by atoms with E-state index < -0.39 is 9.84 Å². The highest BCUT2D eigenvalue weighted by Crippen LogP contribution is 2.34. The van der Waals surface area contributed by atoms with Crippen LogP contribution < -0.4 is 14.0 Å². The van der Waals surface area contributed by atoms with E-state index in [2.05, 4.69) is 4.99 Å². The number of quaternary nitrogens is 1. The molecule has 0 spiro atoms. The SMILES string of the molecule is CN=c1sc([N+]2(C(=O)CCS(=O)(=O)C3=Cc4ccc(Cl)cc4OC3)CCCCC2)cn1C. The number of benzene rings is 1. The highest BCUT2D eigenvalue weighted by Gasteiger charge is 2.42. The van der Waals surface area contributed by atoms with Crippen molar-refractivity contribution in [2.75, 3.05) is 32.5 Å². The van der Waals surface area contributed by atoms with Crippen LogP contribution in [0, 0.1) is 0 Å². The first-order valence-electron chi connectivity index (χ1n) is 10.6. The van der Waals surface area contributed by atoms with Crippen LogP contribution in [0.1, 0.15) is 31.2 Å². The van der Waals surface area contributed by atoms with Gasteiger partial charge in [0.05, 0.1) is 36.4 Å². The topological polar surface area (TPSA) is 77.7 Å². The van der Waals surface area contributed by atoms with Crippen LogP contribution in [0.3, 0.4) is 0 Å². The number of sulfone groups is 1. The summed E-state index contributed by atoms with van der Waals surface area (Å²) in [5, 5.41) is 1.46. The summed E-state index contributed by atoms with van der Waals surface area (Å²) in [4.78, 5) is 18.8. The van der Waals surface area contributed by atoms with Gasteiger partial charge in [-0.25, -0.2) is 17.7 Å². The fourth-order valence-corrected chi connectivity index (χ4v) is 6.88. The normalized spacial score (nSPS) is 18.6. The van der Waals surface area contributed by atoms with Crippen LogP contribution in [0.2, 0.25) is 5.02 Å². The first kappa shape index (κ1) is 23.2. The van der Waals surface area contributed by atoms with Crippen LogP contribution in [0.4, 0.5) is 5.00 Å². The van der Waals surface area contributed by atoms with Crippen molar-refractivity contribution in [3.8, 4) is 5.75 Å². The number of hydrogen-bond donors (Lipinski definition) is 0. The van der Waals surface area contributed by atoms with Crippen molar-refractivity contribution in [3.05, 3.63) is 44.7 Å². The molecule has 2 aliphatic rings. The molecule has 0 atom stereocenters. The highest BCUT2D eigenvalue weighted by atomic mass is 35.5. The van der Waals surface area contributed by atoms with E-state index in [4.69, 9.17) is 16.3 Å². The zero-order valence-electron chi connectivity index (χ0n) is 18.2. The van der Waals surface area contributed by atoms with E-state index in [0.717, 1.165) is 29.1 Å². The van der Waals surface area contributed by atoms with E-state index in [-0.39, 0.29) is 34.1 Å². The van der Waals surface area contributed by atoms with Crippen molar-refractivity contribution >= 4 is 49.8 Å². The summed E-state index contributed by atoms with van der Waals surface area (Å²) in [6.45, 7) is 1.34. The molecule has 0 saturated carbocycles. The largest absolute Gasteiger partial charge is 0.487 e. The highest BCUT2D eigenvalue weighted by molar-refractivity contribution is 7.95. The van der Waals surface area contributed by atoms with E-state index in [0.29, 0.717) is 29.4 Å². The van der Waals surface area contributed by atoms with Crippen LogP contribution in [-0.4, -0.2) is 51.4 Å². The lowest BCUT2D eigenvalue weighted by atomic mass is 10.1. The van der Waals surface area contributed by atoms with Gasteiger partial charge in [-0.2, -0.15) is 0 Å². The maximum atomic E-state index is 13.5. The predicted octanol–water partition coefficient (Wildman–Crippen LogP) is 3.53. The molecule has 172 valence electrons. The van der Waals surface area contributed by atoms with Gasteiger partial charge in [0.1, 0.15) is 12.4 Å². The van der Waals surface area contributed by atoms with Gasteiger partial charge >= 0.3 is 5.91 Å². The molecule has 1 aromatic carbocycles. The summed E-state index contributed by atoms with van der Waals surface area (Å²) in [6, 6.07) is 5.10. The third-order valence-electron chi connectivity index (χ3n) is 6.12. The number of carbonyl (C=O) groups excluding carboxylic acids is 1. The molecule has 1 saturated heterocycles. The minimum Gasteiger partial charge on any atom is -0.487 e. The summed E-state index contributed by atoms with van der Waals surface area (Å²) in [6.07, 6.45) is 6.52. The molecule has 1 aromatic heterocycles. The second kappa shape index (κ2) is 9.13. The van der Waals surface area contributed by atoms with Crippen molar-refractivity contribution in [1.29, 1.82) is 0 Å². The molecule has 2 aromatic rings. The van der Waals surface area contributed by atoms with E-state index >= 15 is 0 Å². The summed E-state index contributed by atoms with van der Waals surface area (Å²) < 4.78 is 33.8. The summed E-state index contributed by atoms with van der Waals surface area (Å²) in [5.41, 5.74) is 0.673. The van der Waals surface area contributed by atoms with Crippen LogP contribution in [0.15, 0.2) is 34.3 Å². The Morgan fingerprint density at radius 1 is 1.28 bits per heavy atom. The number of nitrogens with zero attached hydrogens (tertiary/aromatic N) is 3. The molecular formula is C22H27ClN3O4S2+. The molecule has 10 heteroatoms. The van der Waals surface area contributed by atoms with Crippen LogP contribution in [0.5, 0.6) is 5.75 Å². The number of fused-ring (bicyclic) bond motifs is 1. The average Bonchev–Trinajstić information content (AvgIpc) is 3.18. The molecule has 0 N–H and O–H groups in total. The number of halogens is 1. The van der Waals surface area contributed by atoms with Gasteiger partial charge in [0.2, 0.25) is 5.00 Å². The van der Waals surface area contributed by atoms with Crippen LogP contribution >= 0.6 is 22.9 Å². The number of rotatable bonds is 5. The Hall–Kier alpha value is -1.94. The number of hydrogen-bond acceptors (Lipinski definition) is 6. The number of aryl methyl sites for hydroxylation is 1. The molecule has 3 heterocycles. The van der Waals surface area contributed by atoms with Crippen molar-refractivity contribution in [1.82, 2.24) is 9.05 Å². The second-order valence-corrected chi connectivity index (χ2v) is 11.8. The zero-order chi connectivity index (χ0) is 22.9. The number of ether oxygens (including phenoxy) is 1. The van der Waals surface area contributed by atoms with Crippen molar-refractivity contribution < 1.29 is 17.9 Å². The molecular weight excluding hydrogens is 470 g/mol. The van der Waals surface area contributed by atoms with Gasteiger partial charge in [0.15, 0.2) is 14.6 Å². The molecule has 1 fully saturated rings. The second-order valence-electron chi connectivity index (χ2n) is 8.21. The van der Waals surface area contributed by atoms with Gasteiger partial charge in [-0.05, 0) is 54.9 Å². The maximum Gasteiger partial charge on any atom is 0.320 e. The van der Waals surface area contributed by atoms with Crippen molar-refractivity contribution in [2.24, 2.45) is 12.0 Å². The number of amides is 1. The van der Waals surface area contributed by atoms with E-state index in [9.17, 15) is 13.2 Å². The molecule has 0 aliphatic carbocycles. The van der Waals surface area contributed by atoms with Gasteiger partial charge in [-0.1, -0.05) is 11.6 Å². The Morgan fingerprint density at radius 2 is 2.03 bits per heavy atom. The summed E-state index contributed by atoms with van der Waals surface area (Å²) >= 11 is 7.48. The van der Waals surface area contributed by atoms with E-state index in [1.54, 1.807) is 31.3 Å². The fraction of sp³-hybridized carbons (Fsp3) is 0.455. The van der Waals surface area contributed by atoms with Gasteiger partial charge in [-0.15, -0.1) is 0 Å². The Kier molecular flexibility index (Phi) is 6.63. The first-order valence-corrected chi connectivity index (χ1v) is 13.5. The van der Waals surface area contributed by atoms with Gasteiger partial charge in [0.25, 0.3) is 0 Å². The standard InChI is InChI=1S/C22H27ClN3O4S2/c1-24-22-25(2)14-21(31-22)26(9-4-3-5-10-26)20(27)8-11-32(28,29)18-12-16-6-7-17(23)13-19(16)30-15-18/h6-7,12-14H,3-5,8-11,15H2,1-2H3/q+1. The van der Waals surface area contributed by atoms with Crippen molar-refractivity contribution in [2.45, 2.75) is 25.7 Å². The Balaban J connectivity index is 1.56. The monoisotopic (exact) mass is 496 g/mol. The van der Waals surface area contributed by atoms with Gasteiger partial charge in [-0.3, -0.25) is 4.99 Å². The number of aromatic nitrogens is 1. The molecule has 32 heavy (non-hydrogen) atoms. The number of thiazole rings is 1. The molecule has 2 aliphatic heterocycles. The summed E-state index contributed by atoms with van der Waals surface area (Å²) in [7, 11) is 0.0132. The zero-order valence-corrected chi connectivity index (χ0v) is 20.6. The quantitative estimate of drug-likeness (QED) is 0.593. The minimum atomic E-state index is -3.63. The van der Waals surface area contributed by atoms with Gasteiger partial charge < -0.3 is 9.30 Å². The smallest absolute Gasteiger partial charge is 0.320 e. The third-order valence-corrected chi connectivity index (χ3v) is 9.45. The predicted molar refractivity (Wildman–Crippen MR) is 128 cm³/mol. The lowest BCUT2D eigenvalue weighted by Crippen LogP contribution is -2.57. The number of likely N-dealkylation sites (tertiary alicyclic amines) is 1. The van der Waals surface area contributed by atoms with Gasteiger partial charge in [0, 0.05) is 24.7 Å². The number of carbonyl (C=O) groups is 1. The Bertz CT molecular complexity index is 1240. The maximum absolute atomic E-state index is 13.5. The molecule has 0 radical (unpaired) electrons. The molecule has 1 amide bonds.